The molecule has 0 bridgehead atoms. The van der Waals surface area contributed by atoms with Crippen LogP contribution < -0.4 is 10.6 Å². The number of aromatic nitrogens is 3. The van der Waals surface area contributed by atoms with Crippen molar-refractivity contribution in [3.05, 3.63) is 58.7 Å². The van der Waals surface area contributed by atoms with Crippen LogP contribution in [0.4, 0.5) is 24.8 Å². The Kier molecular flexibility index (Phi) is 5.28. The number of hydrogen-bond donors (Lipinski definition) is 2. The molecular formula is C18H15ClF3N5O. The number of nitrogens with one attached hydrogen (secondary N) is 2. The van der Waals surface area contributed by atoms with Gasteiger partial charge in [-0.15, -0.1) is 0 Å². The van der Waals surface area contributed by atoms with Crippen LogP contribution in [0.15, 0.2) is 42.5 Å². The van der Waals surface area contributed by atoms with Crippen LogP contribution in [0.1, 0.15) is 16.1 Å². The molecule has 146 valence electrons. The van der Waals surface area contributed by atoms with Gasteiger partial charge < -0.3 is 10.6 Å². The van der Waals surface area contributed by atoms with Gasteiger partial charge in [-0.3, -0.25) is 9.48 Å². The number of nitrogens with zero attached hydrogens (tertiary/aromatic N) is 3. The lowest BCUT2D eigenvalue weighted by atomic mass is 10.1. The monoisotopic (exact) mass is 409 g/mol. The van der Waals surface area contributed by atoms with Gasteiger partial charge in [0.1, 0.15) is 11.6 Å². The molecular weight excluding hydrogens is 395 g/mol. The van der Waals surface area contributed by atoms with E-state index in [1.54, 1.807) is 37.4 Å². The minimum Gasteiger partial charge on any atom is -0.373 e. The van der Waals surface area contributed by atoms with E-state index in [0.717, 1.165) is 10.7 Å². The third-order valence-corrected chi connectivity index (χ3v) is 4.18. The Balaban J connectivity index is 1.90. The first-order valence-electron chi connectivity index (χ1n) is 8.06. The third-order valence-electron chi connectivity index (χ3n) is 3.93. The lowest BCUT2D eigenvalue weighted by molar-refractivity contribution is -0.141. The highest BCUT2D eigenvalue weighted by atomic mass is 35.5. The number of carbonyl (C=O) groups is 1. The lowest BCUT2D eigenvalue weighted by Gasteiger charge is -2.11. The Bertz CT molecular complexity index is 1020. The van der Waals surface area contributed by atoms with E-state index in [1.165, 1.54) is 13.1 Å². The van der Waals surface area contributed by atoms with Crippen molar-refractivity contribution in [1.29, 1.82) is 0 Å². The molecule has 28 heavy (non-hydrogen) atoms. The van der Waals surface area contributed by atoms with Crippen molar-refractivity contribution in [3.63, 3.8) is 0 Å². The zero-order chi connectivity index (χ0) is 20.5. The summed E-state index contributed by atoms with van der Waals surface area (Å²) in [5, 5.41) is 9.48. The van der Waals surface area contributed by atoms with Crippen LogP contribution in [0.2, 0.25) is 5.02 Å². The average Bonchev–Trinajstić information content (AvgIpc) is 3.04. The van der Waals surface area contributed by atoms with Gasteiger partial charge in [0.15, 0.2) is 5.69 Å². The zero-order valence-electron chi connectivity index (χ0n) is 14.8. The van der Waals surface area contributed by atoms with Crippen molar-refractivity contribution in [2.24, 2.45) is 7.05 Å². The number of benzene rings is 1. The summed E-state index contributed by atoms with van der Waals surface area (Å²) in [6.07, 6.45) is -4.55. The summed E-state index contributed by atoms with van der Waals surface area (Å²) < 4.78 is 39.9. The van der Waals surface area contributed by atoms with Gasteiger partial charge in [0, 0.05) is 30.2 Å². The van der Waals surface area contributed by atoms with Crippen LogP contribution in [-0.2, 0) is 13.2 Å². The molecule has 0 aliphatic carbocycles. The van der Waals surface area contributed by atoms with Crippen molar-refractivity contribution in [1.82, 2.24) is 14.8 Å². The van der Waals surface area contributed by atoms with E-state index < -0.39 is 11.9 Å². The van der Waals surface area contributed by atoms with Gasteiger partial charge in [-0.2, -0.15) is 18.3 Å². The second-order valence-electron chi connectivity index (χ2n) is 5.84. The van der Waals surface area contributed by atoms with Gasteiger partial charge in [-0.05, 0) is 42.5 Å². The van der Waals surface area contributed by atoms with Crippen LogP contribution in [0.5, 0.6) is 0 Å². The largest absolute Gasteiger partial charge is 0.435 e. The Hall–Kier alpha value is -3.07. The predicted octanol–water partition coefficient (Wildman–Crippen LogP) is 4.45. The number of hydrogen-bond acceptors (Lipinski definition) is 4. The van der Waals surface area contributed by atoms with E-state index in [4.69, 9.17) is 11.6 Å². The summed E-state index contributed by atoms with van der Waals surface area (Å²) in [6, 6.07) is 10.3. The van der Waals surface area contributed by atoms with Crippen LogP contribution in [-0.4, -0.2) is 27.7 Å². The summed E-state index contributed by atoms with van der Waals surface area (Å²) in [4.78, 5) is 16.6. The SMILES string of the molecule is CNc1nc(NC(=O)c2ccc(Cl)cc2)ccc1-c1cc(C(F)(F)F)nn1C. The van der Waals surface area contributed by atoms with Crippen LogP contribution >= 0.6 is 11.6 Å². The number of halogens is 4. The van der Waals surface area contributed by atoms with Crippen LogP contribution in [0, 0.1) is 0 Å². The summed E-state index contributed by atoms with van der Waals surface area (Å²) in [5.41, 5.74) is 0.0483. The molecule has 0 fully saturated rings. The van der Waals surface area contributed by atoms with Gasteiger partial charge in [0.25, 0.3) is 5.91 Å². The summed E-state index contributed by atoms with van der Waals surface area (Å²) in [5.74, 6) is 0.149. The molecule has 2 aromatic heterocycles. The molecule has 0 atom stereocenters. The number of amides is 1. The Morgan fingerprint density at radius 1 is 1.14 bits per heavy atom. The Labute approximate surface area is 163 Å². The van der Waals surface area contributed by atoms with E-state index >= 15 is 0 Å². The van der Waals surface area contributed by atoms with Crippen molar-refractivity contribution < 1.29 is 18.0 Å². The Morgan fingerprint density at radius 2 is 1.82 bits per heavy atom. The van der Waals surface area contributed by atoms with Crippen LogP contribution in [0.3, 0.4) is 0 Å². The standard InChI is InChI=1S/C18H15ClF3N5O/c1-23-16-12(13-9-14(18(20,21)22)26-27(13)2)7-8-15(24-16)25-17(28)10-3-5-11(19)6-4-10/h3-9H,1-2H3,(H2,23,24,25,28). The number of aryl methyl sites for hydroxylation is 1. The number of carbonyl (C=O) groups excluding carboxylic acids is 1. The molecule has 0 saturated heterocycles. The van der Waals surface area contributed by atoms with E-state index in [9.17, 15) is 18.0 Å². The number of alkyl halides is 3. The molecule has 0 saturated carbocycles. The molecule has 2 N–H and O–H groups in total. The molecule has 0 aliphatic rings. The van der Waals surface area contributed by atoms with Crippen molar-refractivity contribution >= 4 is 29.1 Å². The average molecular weight is 410 g/mol. The van der Waals surface area contributed by atoms with Gasteiger partial charge in [-0.25, -0.2) is 4.98 Å². The van der Waals surface area contributed by atoms with E-state index in [2.05, 4.69) is 20.7 Å². The molecule has 3 rings (SSSR count). The molecule has 6 nitrogen and oxygen atoms in total. The first-order valence-corrected chi connectivity index (χ1v) is 8.44. The van der Waals surface area contributed by atoms with E-state index in [-0.39, 0.29) is 17.4 Å². The van der Waals surface area contributed by atoms with Gasteiger partial charge in [0.2, 0.25) is 0 Å². The minimum atomic E-state index is -4.55. The van der Waals surface area contributed by atoms with Gasteiger partial charge in [-0.1, -0.05) is 11.6 Å². The topological polar surface area (TPSA) is 71.8 Å². The van der Waals surface area contributed by atoms with Crippen molar-refractivity contribution in [2.45, 2.75) is 6.18 Å². The molecule has 1 aromatic carbocycles. The maximum atomic E-state index is 12.9. The molecule has 1 amide bonds. The molecule has 0 spiro atoms. The lowest BCUT2D eigenvalue weighted by Crippen LogP contribution is -2.13. The van der Waals surface area contributed by atoms with Crippen molar-refractivity contribution in [2.75, 3.05) is 17.7 Å². The fraction of sp³-hybridized carbons (Fsp3) is 0.167. The normalized spacial score (nSPS) is 11.4. The molecule has 10 heteroatoms. The van der Waals surface area contributed by atoms with E-state index in [1.807, 2.05) is 0 Å². The summed E-state index contributed by atoms with van der Waals surface area (Å²) >= 11 is 5.80. The van der Waals surface area contributed by atoms with Gasteiger partial charge in [0.05, 0.1) is 5.69 Å². The second-order valence-corrected chi connectivity index (χ2v) is 6.28. The van der Waals surface area contributed by atoms with Crippen molar-refractivity contribution in [3.8, 4) is 11.3 Å². The molecule has 0 aliphatic heterocycles. The fourth-order valence-electron chi connectivity index (χ4n) is 2.57. The number of pyridine rings is 1. The number of anilines is 2. The van der Waals surface area contributed by atoms with Crippen LogP contribution in [0.25, 0.3) is 11.3 Å². The molecule has 0 unspecified atom stereocenters. The molecule has 0 radical (unpaired) electrons. The molecule has 2 heterocycles. The summed E-state index contributed by atoms with van der Waals surface area (Å²) in [6.45, 7) is 0. The first-order chi connectivity index (χ1) is 13.2. The highest BCUT2D eigenvalue weighted by Gasteiger charge is 2.35. The zero-order valence-corrected chi connectivity index (χ0v) is 15.6. The van der Waals surface area contributed by atoms with E-state index in [0.29, 0.717) is 22.0 Å². The number of rotatable bonds is 4. The maximum absolute atomic E-state index is 12.9. The quantitative estimate of drug-likeness (QED) is 0.668. The smallest absolute Gasteiger partial charge is 0.373 e. The maximum Gasteiger partial charge on any atom is 0.435 e. The highest BCUT2D eigenvalue weighted by Crippen LogP contribution is 2.34. The highest BCUT2D eigenvalue weighted by molar-refractivity contribution is 6.30. The predicted molar refractivity (Wildman–Crippen MR) is 100 cm³/mol. The fourth-order valence-corrected chi connectivity index (χ4v) is 2.70. The van der Waals surface area contributed by atoms with Gasteiger partial charge >= 0.3 is 6.18 Å². The Morgan fingerprint density at radius 3 is 2.39 bits per heavy atom. The second kappa shape index (κ2) is 7.51. The third kappa shape index (κ3) is 4.09. The minimum absolute atomic E-state index is 0.236. The summed E-state index contributed by atoms with van der Waals surface area (Å²) in [7, 11) is 3.00. The first kappa shape index (κ1) is 19.7. The molecule has 3 aromatic rings.